The average molecular weight is 214 g/mol. The van der Waals surface area contributed by atoms with Gasteiger partial charge in [0, 0.05) is 0 Å². The molecule has 0 spiro atoms. The van der Waals surface area contributed by atoms with Crippen LogP contribution in [0.2, 0.25) is 0 Å². The van der Waals surface area contributed by atoms with Crippen LogP contribution in [0.1, 0.15) is 13.3 Å². The Kier molecular flexibility index (Phi) is 4.54. The van der Waals surface area contributed by atoms with Crippen molar-refractivity contribution in [1.82, 2.24) is 0 Å². The van der Waals surface area contributed by atoms with E-state index in [1.54, 1.807) is 0 Å². The maximum absolute atomic E-state index is 3.93. The minimum Gasteiger partial charge on any atom is -0.151 e. The van der Waals surface area contributed by atoms with Crippen LogP contribution < -0.4 is 0 Å². The van der Waals surface area contributed by atoms with Crippen molar-refractivity contribution in [2.45, 2.75) is 13.3 Å². The number of thiol groups is 1. The molecule has 0 fully saturated rings. The van der Waals surface area contributed by atoms with E-state index in [9.17, 15) is 0 Å². The molecule has 2 heteroatoms. The third-order valence-electron chi connectivity index (χ3n) is 0.478. The predicted molar refractivity (Wildman–Crippen MR) is 41.4 cm³/mol. The van der Waals surface area contributed by atoms with Gasteiger partial charge in [-0.2, -0.15) is 12.6 Å². The minimum absolute atomic E-state index is 1.10. The summed E-state index contributed by atoms with van der Waals surface area (Å²) in [5.41, 5.74) is 0. The van der Waals surface area contributed by atoms with Crippen molar-refractivity contribution in [2.75, 3.05) is 0 Å². The first-order chi connectivity index (χ1) is 2.81. The minimum atomic E-state index is 1.10. The van der Waals surface area contributed by atoms with Crippen molar-refractivity contribution < 1.29 is 0 Å². The SMILES string of the molecule is CC/C(I)=C/S. The molecule has 0 unspecified atom stereocenters. The summed E-state index contributed by atoms with van der Waals surface area (Å²) >= 11 is 6.18. The van der Waals surface area contributed by atoms with Crippen LogP contribution in [0.15, 0.2) is 8.99 Å². The van der Waals surface area contributed by atoms with Crippen LogP contribution in [0.4, 0.5) is 0 Å². The molecular formula is C4H7IS. The lowest BCUT2D eigenvalue weighted by Crippen LogP contribution is -1.55. The van der Waals surface area contributed by atoms with Crippen LogP contribution in [-0.2, 0) is 0 Å². The largest absolute Gasteiger partial charge is 0.151 e. The molecular weight excluding hydrogens is 207 g/mol. The second-order valence-corrected chi connectivity index (χ2v) is 2.57. The van der Waals surface area contributed by atoms with Gasteiger partial charge in [-0.15, -0.1) is 0 Å². The molecule has 0 heterocycles. The second kappa shape index (κ2) is 3.99. The monoisotopic (exact) mass is 214 g/mol. The molecule has 0 atom stereocenters. The van der Waals surface area contributed by atoms with Gasteiger partial charge in [-0.05, 0) is 38.0 Å². The van der Waals surface area contributed by atoms with Gasteiger partial charge in [-0.1, -0.05) is 6.92 Å². The summed E-state index contributed by atoms with van der Waals surface area (Å²) in [5.74, 6) is 0. The standard InChI is InChI=1S/C4H7IS/c1-2-4(5)3-6/h3,6H,2H2,1H3/b4-3-. The highest BCUT2D eigenvalue weighted by molar-refractivity contribution is 14.1. The third-order valence-corrected chi connectivity index (χ3v) is 2.36. The first kappa shape index (κ1) is 6.82. The van der Waals surface area contributed by atoms with Crippen LogP contribution in [0.5, 0.6) is 0 Å². The summed E-state index contributed by atoms with van der Waals surface area (Å²) in [6.45, 7) is 2.11. The van der Waals surface area contributed by atoms with Crippen LogP contribution in [0.25, 0.3) is 0 Å². The Labute approximate surface area is 57.6 Å². The zero-order valence-corrected chi connectivity index (χ0v) is 6.66. The highest BCUT2D eigenvalue weighted by atomic mass is 127. The Balaban J connectivity index is 3.22. The average Bonchev–Trinajstić information content (AvgIpc) is 1.65. The molecule has 0 aromatic heterocycles. The molecule has 0 aliphatic rings. The molecule has 0 rings (SSSR count). The van der Waals surface area contributed by atoms with Gasteiger partial charge in [0.25, 0.3) is 0 Å². The number of hydrogen-bond donors (Lipinski definition) is 1. The summed E-state index contributed by atoms with van der Waals surface area (Å²) in [5, 5.41) is 1.82. The first-order valence-electron chi connectivity index (χ1n) is 1.80. The van der Waals surface area contributed by atoms with Crippen molar-refractivity contribution in [1.29, 1.82) is 0 Å². The van der Waals surface area contributed by atoms with Crippen LogP contribution in [0, 0.1) is 0 Å². The molecule has 36 valence electrons. The van der Waals surface area contributed by atoms with E-state index < -0.39 is 0 Å². The Morgan fingerprint density at radius 2 is 2.50 bits per heavy atom. The van der Waals surface area contributed by atoms with Gasteiger partial charge in [0.2, 0.25) is 0 Å². The number of halogens is 1. The van der Waals surface area contributed by atoms with E-state index in [0.29, 0.717) is 0 Å². The van der Waals surface area contributed by atoms with Gasteiger partial charge in [0.05, 0.1) is 0 Å². The molecule has 0 aliphatic heterocycles. The van der Waals surface area contributed by atoms with E-state index in [4.69, 9.17) is 0 Å². The molecule has 0 nitrogen and oxygen atoms in total. The van der Waals surface area contributed by atoms with Gasteiger partial charge in [-0.3, -0.25) is 0 Å². The molecule has 0 aliphatic carbocycles. The van der Waals surface area contributed by atoms with Gasteiger partial charge in [0.1, 0.15) is 0 Å². The molecule has 0 saturated carbocycles. The summed E-state index contributed by atoms with van der Waals surface area (Å²) in [6.07, 6.45) is 1.10. The lowest BCUT2D eigenvalue weighted by molar-refractivity contribution is 1.22. The third kappa shape index (κ3) is 3.03. The summed E-state index contributed by atoms with van der Waals surface area (Å²) in [4.78, 5) is 0. The number of rotatable bonds is 1. The normalized spacial score (nSPS) is 12.2. The van der Waals surface area contributed by atoms with Crippen LogP contribution in [-0.4, -0.2) is 0 Å². The smallest absolute Gasteiger partial charge is 0.00364 e. The summed E-state index contributed by atoms with van der Waals surface area (Å²) in [6, 6.07) is 0. The Hall–Kier alpha value is 0.820. The van der Waals surface area contributed by atoms with Gasteiger partial charge >= 0.3 is 0 Å². The zero-order chi connectivity index (χ0) is 4.99. The van der Waals surface area contributed by atoms with E-state index in [1.807, 2.05) is 5.41 Å². The zero-order valence-electron chi connectivity index (χ0n) is 3.61. The van der Waals surface area contributed by atoms with Crippen LogP contribution in [0.3, 0.4) is 0 Å². The van der Waals surface area contributed by atoms with Crippen molar-refractivity contribution in [2.24, 2.45) is 0 Å². The topological polar surface area (TPSA) is 0 Å². The first-order valence-corrected chi connectivity index (χ1v) is 3.39. The maximum atomic E-state index is 3.93. The molecule has 0 aromatic carbocycles. The molecule has 0 N–H and O–H groups in total. The van der Waals surface area contributed by atoms with Crippen molar-refractivity contribution in [3.63, 3.8) is 0 Å². The van der Waals surface area contributed by atoms with E-state index in [1.165, 1.54) is 3.58 Å². The molecule has 6 heavy (non-hydrogen) atoms. The Morgan fingerprint density at radius 3 is 2.50 bits per heavy atom. The molecule has 0 amide bonds. The number of hydrogen-bond acceptors (Lipinski definition) is 1. The van der Waals surface area contributed by atoms with Crippen molar-refractivity contribution >= 4 is 35.2 Å². The van der Waals surface area contributed by atoms with Crippen molar-refractivity contribution in [3.8, 4) is 0 Å². The fraction of sp³-hybridized carbons (Fsp3) is 0.500. The predicted octanol–water partition coefficient (Wildman–Crippen LogP) is 2.60. The van der Waals surface area contributed by atoms with E-state index in [0.717, 1.165) is 6.42 Å². The molecule has 0 bridgehead atoms. The van der Waals surface area contributed by atoms with Crippen LogP contribution >= 0.6 is 35.2 Å². The lowest BCUT2D eigenvalue weighted by Gasteiger charge is -1.81. The van der Waals surface area contributed by atoms with Gasteiger partial charge < -0.3 is 0 Å². The quantitative estimate of drug-likeness (QED) is 0.503. The van der Waals surface area contributed by atoms with Crippen molar-refractivity contribution in [3.05, 3.63) is 8.99 Å². The Morgan fingerprint density at radius 1 is 2.00 bits per heavy atom. The molecule has 0 aromatic rings. The van der Waals surface area contributed by atoms with E-state index in [-0.39, 0.29) is 0 Å². The lowest BCUT2D eigenvalue weighted by atomic mass is 10.5. The molecule has 0 radical (unpaired) electrons. The number of allylic oxidation sites excluding steroid dienone is 1. The summed E-state index contributed by atoms with van der Waals surface area (Å²) < 4.78 is 1.30. The maximum Gasteiger partial charge on any atom is -0.00364 e. The highest BCUT2D eigenvalue weighted by Gasteiger charge is 1.76. The van der Waals surface area contributed by atoms with E-state index >= 15 is 0 Å². The fourth-order valence-corrected chi connectivity index (χ4v) is 0.274. The van der Waals surface area contributed by atoms with Gasteiger partial charge in [0.15, 0.2) is 0 Å². The van der Waals surface area contributed by atoms with E-state index in [2.05, 4.69) is 42.1 Å². The molecule has 0 saturated heterocycles. The highest BCUT2D eigenvalue weighted by Crippen LogP contribution is 2.09. The second-order valence-electron chi connectivity index (χ2n) is 0.930. The summed E-state index contributed by atoms with van der Waals surface area (Å²) in [7, 11) is 0. The Bertz CT molecular complexity index is 58.6. The fourth-order valence-electron chi connectivity index (χ4n) is 0.0913. The van der Waals surface area contributed by atoms with Gasteiger partial charge in [-0.25, -0.2) is 0 Å².